The van der Waals surface area contributed by atoms with Crippen molar-refractivity contribution >= 4 is 32.7 Å². The van der Waals surface area contributed by atoms with Crippen molar-refractivity contribution in [2.75, 3.05) is 5.32 Å². The Bertz CT molecular complexity index is 1040. The van der Waals surface area contributed by atoms with Gasteiger partial charge in [0.05, 0.1) is 11.2 Å². The molecule has 0 spiro atoms. The van der Waals surface area contributed by atoms with Crippen LogP contribution in [0.4, 0.5) is 5.69 Å². The Balaban J connectivity index is 1.39. The van der Waals surface area contributed by atoms with Crippen molar-refractivity contribution in [3.8, 4) is 5.75 Å². The Morgan fingerprint density at radius 1 is 0.926 bits per heavy atom. The quantitative estimate of drug-likeness (QED) is 0.476. The summed E-state index contributed by atoms with van der Waals surface area (Å²) in [6.45, 7) is 1.20. The fourth-order valence-electron chi connectivity index (χ4n) is 2.70. The molecule has 0 fully saturated rings. The van der Waals surface area contributed by atoms with Gasteiger partial charge in [0.25, 0.3) is 0 Å². The van der Waals surface area contributed by atoms with Crippen LogP contribution in [-0.4, -0.2) is 15.0 Å². The van der Waals surface area contributed by atoms with E-state index in [1.807, 2.05) is 42.6 Å². The maximum absolute atomic E-state index is 5.80. The van der Waals surface area contributed by atoms with E-state index in [4.69, 9.17) is 4.74 Å². The molecule has 0 aliphatic heterocycles. The summed E-state index contributed by atoms with van der Waals surface area (Å²) in [5, 5.41) is 3.43. The van der Waals surface area contributed by atoms with E-state index >= 15 is 0 Å². The van der Waals surface area contributed by atoms with Crippen LogP contribution in [0.5, 0.6) is 5.75 Å². The highest BCUT2D eigenvalue weighted by Gasteiger charge is 2.04. The third-order valence-corrected chi connectivity index (χ3v) is 4.51. The van der Waals surface area contributed by atoms with Gasteiger partial charge in [-0.1, -0.05) is 18.2 Å². The van der Waals surface area contributed by atoms with Gasteiger partial charge in [0.15, 0.2) is 0 Å². The molecule has 0 unspecified atom stereocenters. The first kappa shape index (κ1) is 17.4. The summed E-state index contributed by atoms with van der Waals surface area (Å²) in [4.78, 5) is 12.9. The highest BCUT2D eigenvalue weighted by atomic mass is 79.9. The van der Waals surface area contributed by atoms with Crippen LogP contribution in [0, 0.1) is 0 Å². The molecule has 3 aromatic heterocycles. The third-order valence-electron chi connectivity index (χ3n) is 4.08. The lowest BCUT2D eigenvalue weighted by atomic mass is 10.2. The first-order chi connectivity index (χ1) is 13.3. The molecule has 0 saturated heterocycles. The van der Waals surface area contributed by atoms with E-state index < -0.39 is 0 Å². The number of ether oxygens (including phenoxy) is 1. The molecule has 4 rings (SSSR count). The average molecular weight is 421 g/mol. The van der Waals surface area contributed by atoms with E-state index in [2.05, 4.69) is 48.3 Å². The normalized spacial score (nSPS) is 10.7. The number of fused-ring (bicyclic) bond motifs is 1. The molecule has 134 valence electrons. The van der Waals surface area contributed by atoms with Crippen LogP contribution >= 0.6 is 15.9 Å². The number of anilines is 1. The zero-order valence-electron chi connectivity index (χ0n) is 14.5. The van der Waals surface area contributed by atoms with Gasteiger partial charge in [-0.05, 0) is 51.8 Å². The predicted molar refractivity (Wildman–Crippen MR) is 110 cm³/mol. The molecule has 0 saturated carbocycles. The Hall–Kier alpha value is -2.99. The summed E-state index contributed by atoms with van der Waals surface area (Å²) in [7, 11) is 0. The van der Waals surface area contributed by atoms with Crippen molar-refractivity contribution < 1.29 is 4.74 Å². The molecule has 1 N–H and O–H groups in total. The van der Waals surface area contributed by atoms with Gasteiger partial charge in [0, 0.05) is 41.4 Å². The van der Waals surface area contributed by atoms with E-state index in [0.717, 1.165) is 38.1 Å². The molecule has 5 nitrogen and oxygen atoms in total. The summed E-state index contributed by atoms with van der Waals surface area (Å²) in [6, 6.07) is 15.9. The van der Waals surface area contributed by atoms with Crippen molar-refractivity contribution in [2.45, 2.75) is 13.2 Å². The lowest BCUT2D eigenvalue weighted by Crippen LogP contribution is -2.01. The topological polar surface area (TPSA) is 59.9 Å². The van der Waals surface area contributed by atoms with Crippen molar-refractivity contribution in [3.63, 3.8) is 0 Å². The second-order valence-corrected chi connectivity index (χ2v) is 6.94. The van der Waals surface area contributed by atoms with Crippen LogP contribution < -0.4 is 10.1 Å². The number of hydrogen-bond acceptors (Lipinski definition) is 5. The lowest BCUT2D eigenvalue weighted by Gasteiger charge is -2.10. The van der Waals surface area contributed by atoms with Gasteiger partial charge in [0.2, 0.25) is 0 Å². The van der Waals surface area contributed by atoms with Gasteiger partial charge >= 0.3 is 0 Å². The Morgan fingerprint density at radius 2 is 1.81 bits per heavy atom. The average Bonchev–Trinajstić information content (AvgIpc) is 2.72. The minimum atomic E-state index is 0.510. The van der Waals surface area contributed by atoms with Crippen LogP contribution in [0.1, 0.15) is 11.1 Å². The standard InChI is InChI=1S/C21H17BrN4O/c22-17-10-20-21(26-13-17)19(7-9-24-20)25-12-15-3-5-18(6-4-15)27-14-16-2-1-8-23-11-16/h1-11,13H,12,14H2,(H,24,25). The number of nitrogens with zero attached hydrogens (tertiary/aromatic N) is 3. The maximum atomic E-state index is 5.80. The summed E-state index contributed by atoms with van der Waals surface area (Å²) >= 11 is 3.43. The SMILES string of the molecule is Brc1cnc2c(NCc3ccc(OCc4cccnc4)cc3)ccnc2c1. The second kappa shape index (κ2) is 8.14. The molecular formula is C21H17BrN4O. The van der Waals surface area contributed by atoms with E-state index in [1.54, 1.807) is 18.6 Å². The Morgan fingerprint density at radius 3 is 2.63 bits per heavy atom. The zero-order chi connectivity index (χ0) is 18.5. The van der Waals surface area contributed by atoms with E-state index in [9.17, 15) is 0 Å². The molecule has 0 radical (unpaired) electrons. The fourth-order valence-corrected chi connectivity index (χ4v) is 3.02. The second-order valence-electron chi connectivity index (χ2n) is 6.03. The highest BCUT2D eigenvalue weighted by molar-refractivity contribution is 9.10. The van der Waals surface area contributed by atoms with Crippen molar-refractivity contribution in [3.05, 3.63) is 88.9 Å². The summed E-state index contributed by atoms with van der Waals surface area (Å²) in [6.07, 6.45) is 7.13. The van der Waals surface area contributed by atoms with Gasteiger partial charge in [-0.15, -0.1) is 0 Å². The molecule has 4 aromatic rings. The van der Waals surface area contributed by atoms with Crippen molar-refractivity contribution in [1.82, 2.24) is 15.0 Å². The van der Waals surface area contributed by atoms with E-state index in [1.165, 1.54) is 0 Å². The number of nitrogens with one attached hydrogen (secondary N) is 1. The van der Waals surface area contributed by atoms with Gasteiger partial charge in [-0.2, -0.15) is 0 Å². The largest absolute Gasteiger partial charge is 0.489 e. The molecule has 0 atom stereocenters. The lowest BCUT2D eigenvalue weighted by molar-refractivity contribution is 0.305. The van der Waals surface area contributed by atoms with Gasteiger partial charge in [0.1, 0.15) is 17.9 Å². The molecule has 0 bridgehead atoms. The number of halogens is 1. The first-order valence-electron chi connectivity index (χ1n) is 8.53. The van der Waals surface area contributed by atoms with Gasteiger partial charge in [-0.3, -0.25) is 15.0 Å². The number of hydrogen-bond donors (Lipinski definition) is 1. The van der Waals surface area contributed by atoms with Gasteiger partial charge in [-0.25, -0.2) is 0 Å². The first-order valence-corrected chi connectivity index (χ1v) is 9.32. The third kappa shape index (κ3) is 4.41. The fraction of sp³-hybridized carbons (Fsp3) is 0.0952. The minimum Gasteiger partial charge on any atom is -0.489 e. The number of pyridine rings is 3. The van der Waals surface area contributed by atoms with Crippen molar-refractivity contribution in [2.24, 2.45) is 0 Å². The van der Waals surface area contributed by atoms with Gasteiger partial charge < -0.3 is 10.1 Å². The Labute approximate surface area is 165 Å². The van der Waals surface area contributed by atoms with E-state index in [-0.39, 0.29) is 0 Å². The molecule has 27 heavy (non-hydrogen) atoms. The summed E-state index contributed by atoms with van der Waals surface area (Å²) < 4.78 is 6.71. The molecule has 3 heterocycles. The number of benzene rings is 1. The smallest absolute Gasteiger partial charge is 0.119 e. The monoisotopic (exact) mass is 420 g/mol. The Kier molecular flexibility index (Phi) is 5.25. The molecular weight excluding hydrogens is 404 g/mol. The minimum absolute atomic E-state index is 0.510. The zero-order valence-corrected chi connectivity index (χ0v) is 16.1. The van der Waals surface area contributed by atoms with E-state index in [0.29, 0.717) is 13.2 Å². The van der Waals surface area contributed by atoms with Crippen LogP contribution in [-0.2, 0) is 13.2 Å². The molecule has 0 amide bonds. The summed E-state index contributed by atoms with van der Waals surface area (Å²) in [5.41, 5.74) is 4.88. The molecule has 1 aromatic carbocycles. The van der Waals surface area contributed by atoms with Crippen LogP contribution in [0.2, 0.25) is 0 Å². The van der Waals surface area contributed by atoms with Crippen LogP contribution in [0.3, 0.4) is 0 Å². The predicted octanol–water partition coefficient (Wildman–Crippen LogP) is 4.98. The molecule has 6 heteroatoms. The maximum Gasteiger partial charge on any atom is 0.119 e. The molecule has 0 aliphatic rings. The van der Waals surface area contributed by atoms with Crippen molar-refractivity contribution in [1.29, 1.82) is 0 Å². The van der Waals surface area contributed by atoms with Crippen LogP contribution in [0.25, 0.3) is 11.0 Å². The van der Waals surface area contributed by atoms with Crippen LogP contribution in [0.15, 0.2) is 77.8 Å². The summed E-state index contributed by atoms with van der Waals surface area (Å²) in [5.74, 6) is 0.837. The number of rotatable bonds is 6. The number of aromatic nitrogens is 3. The highest BCUT2D eigenvalue weighted by Crippen LogP contribution is 2.23. The molecule has 0 aliphatic carbocycles.